The lowest BCUT2D eigenvalue weighted by atomic mass is 10.2. The van der Waals surface area contributed by atoms with Crippen molar-refractivity contribution in [3.8, 4) is 0 Å². The number of carbonyl (C=O) groups is 1. The van der Waals surface area contributed by atoms with Gasteiger partial charge in [-0.25, -0.2) is 9.37 Å². The molecule has 4 nitrogen and oxygen atoms in total. The van der Waals surface area contributed by atoms with Crippen LogP contribution in [-0.2, 0) is 0 Å². The Kier molecular flexibility index (Phi) is 4.03. The number of anilines is 1. The Balaban J connectivity index is 2.90. The standard InChI is InChI=1S/C10H14FN3O/c1-3-4-13-10(15)8-5-7(11)6-14-9(8)12-2/h5-6H,3-4H2,1-2H3,(H,12,14)(H,13,15). The average molecular weight is 211 g/mol. The van der Waals surface area contributed by atoms with Gasteiger partial charge in [-0.1, -0.05) is 6.92 Å². The normalized spacial score (nSPS) is 9.80. The minimum atomic E-state index is -0.518. The van der Waals surface area contributed by atoms with Crippen LogP contribution in [0.15, 0.2) is 12.3 Å². The fraction of sp³-hybridized carbons (Fsp3) is 0.400. The van der Waals surface area contributed by atoms with E-state index in [0.29, 0.717) is 12.4 Å². The molecule has 0 aromatic carbocycles. The molecule has 1 aromatic rings. The molecular formula is C10H14FN3O. The highest BCUT2D eigenvalue weighted by atomic mass is 19.1. The van der Waals surface area contributed by atoms with Crippen molar-refractivity contribution in [1.29, 1.82) is 0 Å². The number of hydrogen-bond donors (Lipinski definition) is 2. The van der Waals surface area contributed by atoms with Gasteiger partial charge in [-0.05, 0) is 12.5 Å². The smallest absolute Gasteiger partial charge is 0.255 e. The Morgan fingerprint density at radius 2 is 2.33 bits per heavy atom. The van der Waals surface area contributed by atoms with Crippen molar-refractivity contribution in [2.45, 2.75) is 13.3 Å². The van der Waals surface area contributed by atoms with E-state index in [1.807, 2.05) is 6.92 Å². The summed E-state index contributed by atoms with van der Waals surface area (Å²) in [5.74, 6) is -0.450. The molecule has 82 valence electrons. The summed E-state index contributed by atoms with van der Waals surface area (Å²) in [6, 6.07) is 1.17. The third-order valence-corrected chi connectivity index (χ3v) is 1.87. The second-order valence-electron chi connectivity index (χ2n) is 3.06. The highest BCUT2D eigenvalue weighted by Gasteiger charge is 2.12. The fourth-order valence-corrected chi connectivity index (χ4v) is 1.15. The number of hydrogen-bond acceptors (Lipinski definition) is 3. The molecule has 0 atom stereocenters. The number of nitrogens with zero attached hydrogens (tertiary/aromatic N) is 1. The van der Waals surface area contributed by atoms with Crippen molar-refractivity contribution in [2.75, 3.05) is 18.9 Å². The summed E-state index contributed by atoms with van der Waals surface area (Å²) in [4.78, 5) is 15.4. The quantitative estimate of drug-likeness (QED) is 0.791. The van der Waals surface area contributed by atoms with Crippen LogP contribution in [0.25, 0.3) is 0 Å². The van der Waals surface area contributed by atoms with Gasteiger partial charge in [0.1, 0.15) is 11.6 Å². The van der Waals surface area contributed by atoms with Gasteiger partial charge in [0.25, 0.3) is 5.91 Å². The second kappa shape index (κ2) is 5.29. The van der Waals surface area contributed by atoms with Gasteiger partial charge in [0.05, 0.1) is 11.8 Å². The van der Waals surface area contributed by atoms with E-state index in [2.05, 4.69) is 15.6 Å². The maximum absolute atomic E-state index is 12.9. The maximum atomic E-state index is 12.9. The average Bonchev–Trinajstić information content (AvgIpc) is 2.25. The van der Waals surface area contributed by atoms with E-state index in [9.17, 15) is 9.18 Å². The van der Waals surface area contributed by atoms with Gasteiger partial charge in [-0.3, -0.25) is 4.79 Å². The fourth-order valence-electron chi connectivity index (χ4n) is 1.15. The van der Waals surface area contributed by atoms with Crippen molar-refractivity contribution in [2.24, 2.45) is 0 Å². The van der Waals surface area contributed by atoms with Gasteiger partial charge < -0.3 is 10.6 Å². The largest absolute Gasteiger partial charge is 0.372 e. The predicted octanol–water partition coefficient (Wildman–Crippen LogP) is 1.40. The zero-order valence-electron chi connectivity index (χ0n) is 8.80. The van der Waals surface area contributed by atoms with Crippen molar-refractivity contribution < 1.29 is 9.18 Å². The van der Waals surface area contributed by atoms with E-state index in [0.717, 1.165) is 12.6 Å². The minimum absolute atomic E-state index is 0.228. The van der Waals surface area contributed by atoms with E-state index in [1.165, 1.54) is 6.07 Å². The molecule has 0 saturated carbocycles. The van der Waals surface area contributed by atoms with Crippen molar-refractivity contribution in [1.82, 2.24) is 10.3 Å². The zero-order chi connectivity index (χ0) is 11.3. The van der Waals surface area contributed by atoms with Crippen LogP contribution in [0, 0.1) is 5.82 Å². The summed E-state index contributed by atoms with van der Waals surface area (Å²) < 4.78 is 12.9. The Hall–Kier alpha value is -1.65. The molecule has 0 bridgehead atoms. The highest BCUT2D eigenvalue weighted by molar-refractivity contribution is 5.98. The van der Waals surface area contributed by atoms with Crippen LogP contribution < -0.4 is 10.6 Å². The summed E-state index contributed by atoms with van der Waals surface area (Å²) in [5.41, 5.74) is 0.228. The van der Waals surface area contributed by atoms with E-state index in [1.54, 1.807) is 7.05 Å². The van der Waals surface area contributed by atoms with Crippen molar-refractivity contribution in [3.63, 3.8) is 0 Å². The molecule has 5 heteroatoms. The summed E-state index contributed by atoms with van der Waals surface area (Å²) in [6.07, 6.45) is 1.91. The lowest BCUT2D eigenvalue weighted by Gasteiger charge is -2.08. The molecule has 0 fully saturated rings. The van der Waals surface area contributed by atoms with Crippen LogP contribution in [0.4, 0.5) is 10.2 Å². The molecule has 15 heavy (non-hydrogen) atoms. The number of aromatic nitrogens is 1. The summed E-state index contributed by atoms with van der Waals surface area (Å²) in [7, 11) is 1.64. The third-order valence-electron chi connectivity index (χ3n) is 1.87. The predicted molar refractivity (Wildman–Crippen MR) is 56.4 cm³/mol. The molecule has 0 aliphatic carbocycles. The number of amides is 1. The number of rotatable bonds is 4. The van der Waals surface area contributed by atoms with Gasteiger partial charge in [-0.2, -0.15) is 0 Å². The van der Waals surface area contributed by atoms with E-state index in [-0.39, 0.29) is 11.5 Å². The van der Waals surface area contributed by atoms with Crippen LogP contribution in [0.1, 0.15) is 23.7 Å². The summed E-state index contributed by atoms with van der Waals surface area (Å²) in [5, 5.41) is 5.41. The zero-order valence-corrected chi connectivity index (χ0v) is 8.80. The molecule has 0 radical (unpaired) electrons. The number of pyridine rings is 1. The van der Waals surface area contributed by atoms with Gasteiger partial charge in [-0.15, -0.1) is 0 Å². The summed E-state index contributed by atoms with van der Waals surface area (Å²) in [6.45, 7) is 2.52. The number of carbonyl (C=O) groups excluding carboxylic acids is 1. The molecule has 0 aliphatic heterocycles. The van der Waals surface area contributed by atoms with Gasteiger partial charge >= 0.3 is 0 Å². The first-order valence-electron chi connectivity index (χ1n) is 4.80. The van der Waals surface area contributed by atoms with Gasteiger partial charge in [0, 0.05) is 13.6 Å². The van der Waals surface area contributed by atoms with Crippen LogP contribution in [0.5, 0.6) is 0 Å². The highest BCUT2D eigenvalue weighted by Crippen LogP contribution is 2.12. The van der Waals surface area contributed by atoms with Crippen molar-refractivity contribution in [3.05, 3.63) is 23.6 Å². The molecule has 1 amide bonds. The molecule has 0 saturated heterocycles. The topological polar surface area (TPSA) is 54.0 Å². The lowest BCUT2D eigenvalue weighted by molar-refractivity contribution is 0.0953. The molecule has 0 aliphatic rings. The SMILES string of the molecule is CCCNC(=O)c1cc(F)cnc1NC. The molecular weight excluding hydrogens is 197 g/mol. The van der Waals surface area contributed by atoms with Crippen LogP contribution in [0.3, 0.4) is 0 Å². The first-order chi connectivity index (χ1) is 7.19. The van der Waals surface area contributed by atoms with Crippen LogP contribution in [0.2, 0.25) is 0 Å². The maximum Gasteiger partial charge on any atom is 0.255 e. The Morgan fingerprint density at radius 3 is 2.93 bits per heavy atom. The molecule has 1 rings (SSSR count). The van der Waals surface area contributed by atoms with E-state index in [4.69, 9.17) is 0 Å². The molecule has 1 aromatic heterocycles. The Bertz CT molecular complexity index is 355. The van der Waals surface area contributed by atoms with Crippen LogP contribution >= 0.6 is 0 Å². The minimum Gasteiger partial charge on any atom is -0.372 e. The van der Waals surface area contributed by atoms with Crippen LogP contribution in [-0.4, -0.2) is 24.5 Å². The number of nitrogens with one attached hydrogen (secondary N) is 2. The van der Waals surface area contributed by atoms with E-state index < -0.39 is 5.82 Å². The first-order valence-corrected chi connectivity index (χ1v) is 4.80. The second-order valence-corrected chi connectivity index (χ2v) is 3.06. The monoisotopic (exact) mass is 211 g/mol. The lowest BCUT2D eigenvalue weighted by Crippen LogP contribution is -2.25. The first kappa shape index (κ1) is 11.4. The molecule has 0 unspecified atom stereocenters. The Morgan fingerprint density at radius 1 is 1.60 bits per heavy atom. The third kappa shape index (κ3) is 2.90. The molecule has 0 spiro atoms. The molecule has 2 N–H and O–H groups in total. The van der Waals surface area contributed by atoms with Gasteiger partial charge in [0.15, 0.2) is 0 Å². The van der Waals surface area contributed by atoms with Gasteiger partial charge in [0.2, 0.25) is 0 Å². The Labute approximate surface area is 87.9 Å². The van der Waals surface area contributed by atoms with Crippen molar-refractivity contribution >= 4 is 11.7 Å². The summed E-state index contributed by atoms with van der Waals surface area (Å²) >= 11 is 0. The number of halogens is 1. The van der Waals surface area contributed by atoms with E-state index >= 15 is 0 Å². The molecule has 1 heterocycles.